The highest BCUT2D eigenvalue weighted by Gasteiger charge is 2.19. The van der Waals surface area contributed by atoms with E-state index in [1.54, 1.807) is 12.1 Å². The number of rotatable bonds is 4. The molecule has 0 saturated carbocycles. The quantitative estimate of drug-likeness (QED) is 0.780. The number of anilines is 2. The maximum atomic E-state index is 13.4. The normalized spacial score (nSPS) is 10.6. The van der Waals surface area contributed by atoms with Crippen LogP contribution in [0.3, 0.4) is 0 Å². The summed E-state index contributed by atoms with van der Waals surface area (Å²) < 4.78 is 31.5. The molecule has 0 saturated heterocycles. The van der Waals surface area contributed by atoms with Gasteiger partial charge in [-0.1, -0.05) is 5.16 Å². The van der Waals surface area contributed by atoms with Crippen LogP contribution < -0.4 is 10.2 Å². The van der Waals surface area contributed by atoms with Gasteiger partial charge in [-0.25, -0.2) is 8.78 Å². The number of hydrogen-bond acceptors (Lipinski definition) is 4. The minimum Gasteiger partial charge on any atom is -0.378 e. The van der Waals surface area contributed by atoms with Crippen molar-refractivity contribution in [3.8, 4) is 11.3 Å². The lowest BCUT2D eigenvalue weighted by atomic mass is 10.1. The fourth-order valence-electron chi connectivity index (χ4n) is 2.29. The minimum atomic E-state index is -1.03. The lowest BCUT2D eigenvalue weighted by Gasteiger charge is -2.13. The number of nitrogens with zero attached hydrogens (tertiary/aromatic N) is 2. The number of carbonyl (C=O) groups excluding carboxylic acids is 1. The summed E-state index contributed by atoms with van der Waals surface area (Å²) in [6.07, 6.45) is 1.24. The Morgan fingerprint density at radius 3 is 2.44 bits per heavy atom. The van der Waals surface area contributed by atoms with Crippen molar-refractivity contribution in [1.29, 1.82) is 0 Å². The standard InChI is InChI=1S/C18H15F2N3O2/c1-23(2)13-6-4-12(5-7-13)22-18(24)14-10-21-25-17(14)11-3-8-15(19)16(20)9-11/h3-10H,1-2H3,(H,22,24). The molecular formula is C18H15F2N3O2. The van der Waals surface area contributed by atoms with E-state index in [4.69, 9.17) is 4.52 Å². The van der Waals surface area contributed by atoms with E-state index >= 15 is 0 Å². The van der Waals surface area contributed by atoms with Crippen molar-refractivity contribution in [2.75, 3.05) is 24.3 Å². The first-order valence-electron chi connectivity index (χ1n) is 7.44. The van der Waals surface area contributed by atoms with Crippen molar-refractivity contribution in [3.63, 3.8) is 0 Å². The third kappa shape index (κ3) is 3.50. The predicted molar refractivity (Wildman–Crippen MR) is 90.6 cm³/mol. The topological polar surface area (TPSA) is 58.4 Å². The molecule has 5 nitrogen and oxygen atoms in total. The van der Waals surface area contributed by atoms with Gasteiger partial charge in [0, 0.05) is 31.0 Å². The molecule has 3 aromatic rings. The van der Waals surface area contributed by atoms with E-state index < -0.39 is 17.5 Å². The van der Waals surface area contributed by atoms with Gasteiger partial charge in [0.25, 0.3) is 5.91 Å². The molecule has 1 amide bonds. The number of hydrogen-bond donors (Lipinski definition) is 1. The molecule has 1 N–H and O–H groups in total. The molecule has 1 aromatic heterocycles. The number of aromatic nitrogens is 1. The van der Waals surface area contributed by atoms with Crippen LogP contribution in [0.15, 0.2) is 53.2 Å². The molecule has 1 heterocycles. The third-order valence-corrected chi connectivity index (χ3v) is 3.64. The molecule has 0 unspecified atom stereocenters. The lowest BCUT2D eigenvalue weighted by molar-refractivity contribution is 0.102. The van der Waals surface area contributed by atoms with E-state index in [9.17, 15) is 13.6 Å². The highest BCUT2D eigenvalue weighted by molar-refractivity contribution is 6.07. The Labute approximate surface area is 142 Å². The number of nitrogens with one attached hydrogen (secondary N) is 1. The average molecular weight is 343 g/mol. The molecule has 0 aliphatic rings. The van der Waals surface area contributed by atoms with Crippen molar-refractivity contribution >= 4 is 17.3 Å². The van der Waals surface area contributed by atoms with E-state index in [-0.39, 0.29) is 16.9 Å². The lowest BCUT2D eigenvalue weighted by Crippen LogP contribution is -2.13. The zero-order chi connectivity index (χ0) is 18.0. The minimum absolute atomic E-state index is 0.0707. The maximum Gasteiger partial charge on any atom is 0.261 e. The van der Waals surface area contributed by atoms with Crippen LogP contribution in [0.5, 0.6) is 0 Å². The van der Waals surface area contributed by atoms with Gasteiger partial charge in [0.1, 0.15) is 5.56 Å². The first-order chi connectivity index (χ1) is 12.0. The Kier molecular flexibility index (Phi) is 4.47. The second kappa shape index (κ2) is 6.72. The molecule has 3 rings (SSSR count). The van der Waals surface area contributed by atoms with Crippen LogP contribution in [0, 0.1) is 11.6 Å². The molecule has 0 atom stereocenters. The Morgan fingerprint density at radius 1 is 1.08 bits per heavy atom. The fraction of sp³-hybridized carbons (Fsp3) is 0.111. The summed E-state index contributed by atoms with van der Waals surface area (Å²) in [4.78, 5) is 14.4. The summed E-state index contributed by atoms with van der Waals surface area (Å²) in [6, 6.07) is 10.5. The van der Waals surface area contributed by atoms with Gasteiger partial charge in [-0.2, -0.15) is 0 Å². The summed E-state index contributed by atoms with van der Waals surface area (Å²) in [5.41, 5.74) is 1.94. The highest BCUT2D eigenvalue weighted by Crippen LogP contribution is 2.26. The molecule has 2 aromatic carbocycles. The van der Waals surface area contributed by atoms with Gasteiger partial charge in [-0.3, -0.25) is 4.79 Å². The molecule has 0 bridgehead atoms. The number of benzene rings is 2. The Morgan fingerprint density at radius 2 is 1.80 bits per heavy atom. The van der Waals surface area contributed by atoms with Crippen LogP contribution >= 0.6 is 0 Å². The largest absolute Gasteiger partial charge is 0.378 e. The predicted octanol–water partition coefficient (Wildman–Crippen LogP) is 3.94. The number of amides is 1. The SMILES string of the molecule is CN(C)c1ccc(NC(=O)c2cnoc2-c2ccc(F)c(F)c2)cc1. The van der Waals surface area contributed by atoms with E-state index in [0.717, 1.165) is 17.8 Å². The van der Waals surface area contributed by atoms with Crippen molar-refractivity contribution in [2.24, 2.45) is 0 Å². The van der Waals surface area contributed by atoms with Crippen LogP contribution in [0.1, 0.15) is 10.4 Å². The molecule has 0 aliphatic heterocycles. The van der Waals surface area contributed by atoms with Gasteiger partial charge in [-0.15, -0.1) is 0 Å². The van der Waals surface area contributed by atoms with Crippen molar-refractivity contribution in [3.05, 3.63) is 65.9 Å². The maximum absolute atomic E-state index is 13.4. The molecule has 0 spiro atoms. The molecule has 7 heteroatoms. The number of carbonyl (C=O) groups is 1. The summed E-state index contributed by atoms with van der Waals surface area (Å²) in [7, 11) is 3.83. The van der Waals surface area contributed by atoms with Crippen molar-refractivity contribution in [1.82, 2.24) is 5.16 Å². The summed E-state index contributed by atoms with van der Waals surface area (Å²) in [5, 5.41) is 6.31. The second-order valence-corrected chi connectivity index (χ2v) is 5.59. The zero-order valence-electron chi connectivity index (χ0n) is 13.6. The van der Waals surface area contributed by atoms with E-state index in [0.29, 0.717) is 5.69 Å². The van der Waals surface area contributed by atoms with Crippen molar-refractivity contribution < 1.29 is 18.1 Å². The Balaban J connectivity index is 1.84. The molecule has 0 aliphatic carbocycles. The first kappa shape index (κ1) is 16.6. The van der Waals surface area contributed by atoms with E-state index in [1.165, 1.54) is 12.3 Å². The molecular weight excluding hydrogens is 328 g/mol. The summed E-state index contributed by atoms with van der Waals surface area (Å²) in [5.74, 6) is -2.39. The van der Waals surface area contributed by atoms with Gasteiger partial charge in [0.15, 0.2) is 17.4 Å². The first-order valence-corrected chi connectivity index (χ1v) is 7.44. The van der Waals surface area contributed by atoms with Crippen LogP contribution in [0.4, 0.5) is 20.2 Å². The molecule has 0 radical (unpaired) electrons. The van der Waals surface area contributed by atoms with Gasteiger partial charge >= 0.3 is 0 Å². The van der Waals surface area contributed by atoms with Gasteiger partial charge in [-0.05, 0) is 42.5 Å². The zero-order valence-corrected chi connectivity index (χ0v) is 13.6. The van der Waals surface area contributed by atoms with Crippen LogP contribution in [-0.2, 0) is 0 Å². The highest BCUT2D eigenvalue weighted by atomic mass is 19.2. The average Bonchev–Trinajstić information content (AvgIpc) is 3.07. The molecule has 25 heavy (non-hydrogen) atoms. The van der Waals surface area contributed by atoms with Gasteiger partial charge < -0.3 is 14.7 Å². The number of halogens is 2. The second-order valence-electron chi connectivity index (χ2n) is 5.59. The van der Waals surface area contributed by atoms with Crippen LogP contribution in [0.2, 0.25) is 0 Å². The van der Waals surface area contributed by atoms with Gasteiger partial charge in [0.05, 0.1) is 6.20 Å². The van der Waals surface area contributed by atoms with E-state index in [1.807, 2.05) is 31.1 Å². The Bertz CT molecular complexity index is 905. The summed E-state index contributed by atoms with van der Waals surface area (Å²) in [6.45, 7) is 0. The monoisotopic (exact) mass is 343 g/mol. The molecule has 128 valence electrons. The van der Waals surface area contributed by atoms with Gasteiger partial charge in [0.2, 0.25) is 0 Å². The molecule has 0 fully saturated rings. The third-order valence-electron chi connectivity index (χ3n) is 3.64. The fourth-order valence-corrected chi connectivity index (χ4v) is 2.29. The van der Waals surface area contributed by atoms with E-state index in [2.05, 4.69) is 10.5 Å². The smallest absolute Gasteiger partial charge is 0.261 e. The van der Waals surface area contributed by atoms with Crippen LogP contribution in [-0.4, -0.2) is 25.2 Å². The Hall–Kier alpha value is -3.22. The van der Waals surface area contributed by atoms with Crippen molar-refractivity contribution in [2.45, 2.75) is 0 Å². The van der Waals surface area contributed by atoms with Crippen LogP contribution in [0.25, 0.3) is 11.3 Å². The summed E-state index contributed by atoms with van der Waals surface area (Å²) >= 11 is 0.